The van der Waals surface area contributed by atoms with Crippen LogP contribution in [0, 0.1) is 11.3 Å². The molecular formula is C12H13N7. The van der Waals surface area contributed by atoms with Gasteiger partial charge in [-0.2, -0.15) is 5.26 Å². The fourth-order valence-electron chi connectivity index (χ4n) is 2.36. The highest BCUT2D eigenvalue weighted by molar-refractivity contribution is 5.12. The highest BCUT2D eigenvalue weighted by atomic mass is 15.4. The largest absolute Gasteiger partial charge is 0.310 e. The summed E-state index contributed by atoms with van der Waals surface area (Å²) in [5, 5.41) is 21.5. The van der Waals surface area contributed by atoms with E-state index >= 15 is 0 Å². The van der Waals surface area contributed by atoms with Crippen LogP contribution in [0.1, 0.15) is 55.1 Å². The smallest absolute Gasteiger partial charge is 0.252 e. The van der Waals surface area contributed by atoms with Crippen LogP contribution in [0.25, 0.3) is 0 Å². The van der Waals surface area contributed by atoms with Crippen LogP contribution in [0.3, 0.4) is 0 Å². The lowest BCUT2D eigenvalue weighted by molar-refractivity contribution is 0.584. The number of aromatic nitrogens is 6. The van der Waals surface area contributed by atoms with Gasteiger partial charge in [-0.05, 0) is 25.7 Å². The fourth-order valence-corrected chi connectivity index (χ4v) is 2.36. The zero-order chi connectivity index (χ0) is 12.8. The van der Waals surface area contributed by atoms with Gasteiger partial charge in [0.1, 0.15) is 24.8 Å². The van der Waals surface area contributed by atoms with Crippen molar-refractivity contribution in [3.8, 4) is 6.07 Å². The highest BCUT2D eigenvalue weighted by Crippen LogP contribution is 2.44. The van der Waals surface area contributed by atoms with Gasteiger partial charge in [-0.1, -0.05) is 0 Å². The van der Waals surface area contributed by atoms with Gasteiger partial charge < -0.3 is 4.57 Å². The van der Waals surface area contributed by atoms with Gasteiger partial charge in [0.05, 0.1) is 0 Å². The molecule has 0 N–H and O–H groups in total. The van der Waals surface area contributed by atoms with E-state index in [-0.39, 0.29) is 5.82 Å². The lowest BCUT2D eigenvalue weighted by Crippen LogP contribution is -2.10. The Hall–Kier alpha value is -2.23. The van der Waals surface area contributed by atoms with Crippen LogP contribution >= 0.6 is 0 Å². The van der Waals surface area contributed by atoms with Crippen molar-refractivity contribution in [3.63, 3.8) is 0 Å². The second-order valence-corrected chi connectivity index (χ2v) is 5.23. The Morgan fingerprint density at radius 1 is 1.26 bits per heavy atom. The molecule has 0 bridgehead atoms. The van der Waals surface area contributed by atoms with Crippen molar-refractivity contribution < 1.29 is 0 Å². The number of hydrogen-bond donors (Lipinski definition) is 0. The molecule has 0 atom stereocenters. The van der Waals surface area contributed by atoms with E-state index in [0.29, 0.717) is 18.5 Å². The van der Waals surface area contributed by atoms with Crippen molar-refractivity contribution in [2.75, 3.05) is 0 Å². The lowest BCUT2D eigenvalue weighted by atomic mass is 10.4. The first kappa shape index (κ1) is 10.7. The van der Waals surface area contributed by atoms with Crippen molar-refractivity contribution in [2.45, 2.75) is 44.2 Å². The highest BCUT2D eigenvalue weighted by Gasteiger charge is 2.36. The SMILES string of the molecule is N#Cc1ncn(Cc2nnc(C3CC3)n2C2CC2)n1. The second kappa shape index (κ2) is 3.88. The predicted octanol–water partition coefficient (Wildman–Crippen LogP) is 1.00. The minimum absolute atomic E-state index is 0.194. The van der Waals surface area contributed by atoms with Crippen molar-refractivity contribution in [1.82, 2.24) is 29.5 Å². The molecule has 0 aliphatic heterocycles. The third kappa shape index (κ3) is 1.89. The summed E-state index contributed by atoms with van der Waals surface area (Å²) in [5.41, 5.74) is 0. The minimum Gasteiger partial charge on any atom is -0.310 e. The summed E-state index contributed by atoms with van der Waals surface area (Å²) in [4.78, 5) is 3.91. The van der Waals surface area contributed by atoms with E-state index in [1.165, 1.54) is 25.7 Å². The molecule has 19 heavy (non-hydrogen) atoms. The lowest BCUT2D eigenvalue weighted by Gasteiger charge is -2.08. The summed E-state index contributed by atoms with van der Waals surface area (Å²) in [7, 11) is 0. The first-order valence-corrected chi connectivity index (χ1v) is 6.58. The quantitative estimate of drug-likeness (QED) is 0.813. The topological polar surface area (TPSA) is 85.2 Å². The number of rotatable bonds is 4. The molecule has 2 fully saturated rings. The molecule has 2 aromatic rings. The van der Waals surface area contributed by atoms with Gasteiger partial charge in [-0.15, -0.1) is 15.3 Å². The normalized spacial score (nSPS) is 18.5. The van der Waals surface area contributed by atoms with E-state index < -0.39 is 0 Å². The molecule has 2 aliphatic carbocycles. The number of nitriles is 1. The van der Waals surface area contributed by atoms with Crippen LogP contribution in [-0.2, 0) is 6.54 Å². The molecule has 2 aliphatic rings. The Balaban J connectivity index is 1.65. The first-order chi connectivity index (χ1) is 9.35. The summed E-state index contributed by atoms with van der Waals surface area (Å²) >= 11 is 0. The Morgan fingerprint density at radius 2 is 2.11 bits per heavy atom. The van der Waals surface area contributed by atoms with Crippen molar-refractivity contribution in [1.29, 1.82) is 5.26 Å². The molecule has 2 saturated carbocycles. The summed E-state index contributed by atoms with van der Waals surface area (Å²) in [5.74, 6) is 2.86. The van der Waals surface area contributed by atoms with Crippen LogP contribution in [-0.4, -0.2) is 29.5 Å². The standard InChI is InChI=1S/C12H13N7/c13-5-10-14-7-18(17-10)6-11-15-16-12(8-1-2-8)19(11)9-3-4-9/h7-9H,1-4,6H2. The van der Waals surface area contributed by atoms with Crippen LogP contribution < -0.4 is 0 Å². The molecule has 96 valence electrons. The van der Waals surface area contributed by atoms with E-state index in [1.54, 1.807) is 11.0 Å². The summed E-state index contributed by atoms with van der Waals surface area (Å²) in [6.07, 6.45) is 6.46. The molecule has 0 radical (unpaired) electrons. The minimum atomic E-state index is 0.194. The molecule has 0 saturated heterocycles. The monoisotopic (exact) mass is 255 g/mol. The first-order valence-electron chi connectivity index (χ1n) is 6.58. The molecule has 4 rings (SSSR count). The van der Waals surface area contributed by atoms with E-state index in [1.807, 2.05) is 6.07 Å². The molecule has 7 nitrogen and oxygen atoms in total. The zero-order valence-corrected chi connectivity index (χ0v) is 10.4. The molecule has 0 amide bonds. The van der Waals surface area contributed by atoms with Gasteiger partial charge in [0.15, 0.2) is 5.82 Å². The maximum atomic E-state index is 8.73. The average molecular weight is 255 g/mol. The molecule has 0 spiro atoms. The molecule has 0 aromatic carbocycles. The molecule has 2 aromatic heterocycles. The Morgan fingerprint density at radius 3 is 2.74 bits per heavy atom. The van der Waals surface area contributed by atoms with E-state index in [0.717, 1.165) is 11.6 Å². The van der Waals surface area contributed by atoms with Gasteiger partial charge >= 0.3 is 0 Å². The van der Waals surface area contributed by atoms with Gasteiger partial charge in [-0.3, -0.25) is 0 Å². The number of hydrogen-bond acceptors (Lipinski definition) is 5. The van der Waals surface area contributed by atoms with Gasteiger partial charge in [-0.25, -0.2) is 9.67 Å². The molecule has 0 unspecified atom stereocenters. The maximum Gasteiger partial charge on any atom is 0.252 e. The third-order valence-corrected chi connectivity index (χ3v) is 3.59. The van der Waals surface area contributed by atoms with Gasteiger partial charge in [0.25, 0.3) is 5.82 Å². The Kier molecular flexibility index (Phi) is 2.18. The van der Waals surface area contributed by atoms with Gasteiger partial charge in [0, 0.05) is 12.0 Å². The van der Waals surface area contributed by atoms with Crippen molar-refractivity contribution in [2.24, 2.45) is 0 Å². The summed E-state index contributed by atoms with van der Waals surface area (Å²) in [6, 6.07) is 2.50. The molecular weight excluding hydrogens is 242 g/mol. The molecule has 2 heterocycles. The third-order valence-electron chi connectivity index (χ3n) is 3.59. The van der Waals surface area contributed by atoms with Crippen LogP contribution in [0.4, 0.5) is 0 Å². The van der Waals surface area contributed by atoms with E-state index in [2.05, 4.69) is 24.8 Å². The summed E-state index contributed by atoms with van der Waals surface area (Å²) < 4.78 is 3.93. The van der Waals surface area contributed by atoms with Crippen molar-refractivity contribution >= 4 is 0 Å². The second-order valence-electron chi connectivity index (χ2n) is 5.23. The Labute approximate surface area is 109 Å². The number of nitrogens with zero attached hydrogens (tertiary/aromatic N) is 7. The zero-order valence-electron chi connectivity index (χ0n) is 10.4. The van der Waals surface area contributed by atoms with Gasteiger partial charge in [0.2, 0.25) is 0 Å². The maximum absolute atomic E-state index is 8.73. The van der Waals surface area contributed by atoms with E-state index in [4.69, 9.17) is 5.26 Å². The predicted molar refractivity (Wildman–Crippen MR) is 64.1 cm³/mol. The van der Waals surface area contributed by atoms with Crippen LogP contribution in [0.5, 0.6) is 0 Å². The van der Waals surface area contributed by atoms with Crippen molar-refractivity contribution in [3.05, 3.63) is 23.8 Å². The fraction of sp³-hybridized carbons (Fsp3) is 0.583. The summed E-state index contributed by atoms with van der Waals surface area (Å²) in [6.45, 7) is 0.533. The average Bonchev–Trinajstić information content (AvgIpc) is 3.35. The molecule has 7 heteroatoms. The van der Waals surface area contributed by atoms with Crippen LogP contribution in [0.2, 0.25) is 0 Å². The van der Waals surface area contributed by atoms with E-state index in [9.17, 15) is 0 Å². The van der Waals surface area contributed by atoms with Crippen LogP contribution in [0.15, 0.2) is 6.33 Å². The Bertz CT molecular complexity index is 654.